The summed E-state index contributed by atoms with van der Waals surface area (Å²) in [7, 11) is 1.61. The Morgan fingerprint density at radius 3 is 2.90 bits per heavy atom. The van der Waals surface area contributed by atoms with Crippen molar-refractivity contribution in [1.29, 1.82) is 0 Å². The monoisotopic (exact) mass is 141 g/mol. The summed E-state index contributed by atoms with van der Waals surface area (Å²) in [5.41, 5.74) is 0. The molecule has 0 saturated carbocycles. The maximum Gasteiger partial charge on any atom is 0.330 e. The standard InChI is InChI=1S/C6H9N2O2/c1-8-4-2-3-7-5(9)6(8)10/h2-4H2,1H3. The quantitative estimate of drug-likeness (QED) is 0.405. The van der Waals surface area contributed by atoms with Crippen LogP contribution in [0.15, 0.2) is 0 Å². The Balaban J connectivity index is 2.64. The van der Waals surface area contributed by atoms with E-state index in [1.165, 1.54) is 4.90 Å². The van der Waals surface area contributed by atoms with Gasteiger partial charge in [-0.05, 0) is 6.42 Å². The number of likely N-dealkylation sites (N-methyl/N-ethyl adjacent to an activating group) is 1. The van der Waals surface area contributed by atoms with Crippen LogP contribution in [0.4, 0.5) is 0 Å². The second kappa shape index (κ2) is 2.68. The summed E-state index contributed by atoms with van der Waals surface area (Å²) in [6.07, 6.45) is 0.786. The van der Waals surface area contributed by atoms with E-state index in [4.69, 9.17) is 0 Å². The SMILES string of the molecule is CN1CCC[N]C(=O)C1=O. The molecule has 1 radical (unpaired) electrons. The highest BCUT2D eigenvalue weighted by atomic mass is 16.2. The van der Waals surface area contributed by atoms with Crippen LogP contribution in [-0.4, -0.2) is 36.9 Å². The Labute approximate surface area is 59.2 Å². The molecule has 55 valence electrons. The van der Waals surface area contributed by atoms with Crippen molar-refractivity contribution in [3.05, 3.63) is 0 Å². The highest BCUT2D eigenvalue weighted by Gasteiger charge is 2.21. The van der Waals surface area contributed by atoms with E-state index in [0.29, 0.717) is 13.1 Å². The Kier molecular flexibility index (Phi) is 1.89. The average molecular weight is 141 g/mol. The van der Waals surface area contributed by atoms with Gasteiger partial charge in [-0.3, -0.25) is 9.59 Å². The van der Waals surface area contributed by atoms with Gasteiger partial charge in [0.2, 0.25) is 0 Å². The molecule has 0 N–H and O–H groups in total. The second-order valence-corrected chi connectivity index (χ2v) is 2.27. The number of hydrogen-bond donors (Lipinski definition) is 0. The van der Waals surface area contributed by atoms with E-state index in [2.05, 4.69) is 5.32 Å². The Bertz CT molecular complexity index is 167. The number of nitrogens with zero attached hydrogens (tertiary/aromatic N) is 2. The first-order chi connectivity index (χ1) is 4.72. The summed E-state index contributed by atoms with van der Waals surface area (Å²) in [4.78, 5) is 22.9. The van der Waals surface area contributed by atoms with E-state index in [1.807, 2.05) is 0 Å². The van der Waals surface area contributed by atoms with E-state index in [0.717, 1.165) is 6.42 Å². The molecule has 0 unspecified atom stereocenters. The molecule has 0 aromatic carbocycles. The third kappa shape index (κ3) is 1.26. The van der Waals surface area contributed by atoms with Gasteiger partial charge in [0, 0.05) is 20.1 Å². The van der Waals surface area contributed by atoms with Crippen LogP contribution in [-0.2, 0) is 9.59 Å². The average Bonchev–Trinajstić information content (AvgIpc) is 2.04. The van der Waals surface area contributed by atoms with Crippen LogP contribution in [0.25, 0.3) is 0 Å². The zero-order chi connectivity index (χ0) is 7.56. The fourth-order valence-corrected chi connectivity index (χ4v) is 0.821. The minimum absolute atomic E-state index is 0.481. The molecule has 0 aromatic heterocycles. The van der Waals surface area contributed by atoms with Crippen molar-refractivity contribution in [2.45, 2.75) is 6.42 Å². The molecule has 0 spiro atoms. The molecule has 1 fully saturated rings. The maximum atomic E-state index is 10.8. The Morgan fingerprint density at radius 1 is 1.50 bits per heavy atom. The van der Waals surface area contributed by atoms with Gasteiger partial charge in [-0.2, -0.15) is 0 Å². The van der Waals surface area contributed by atoms with Crippen LogP contribution in [0, 0.1) is 0 Å². The fourth-order valence-electron chi connectivity index (χ4n) is 0.821. The first kappa shape index (κ1) is 7.05. The molecule has 1 aliphatic rings. The molecular formula is C6H9N2O2. The van der Waals surface area contributed by atoms with Gasteiger partial charge in [-0.1, -0.05) is 0 Å². The van der Waals surface area contributed by atoms with Crippen molar-refractivity contribution in [1.82, 2.24) is 10.2 Å². The third-order valence-electron chi connectivity index (χ3n) is 1.44. The number of amides is 2. The highest BCUT2D eigenvalue weighted by Crippen LogP contribution is 1.94. The van der Waals surface area contributed by atoms with Gasteiger partial charge >= 0.3 is 11.8 Å². The lowest BCUT2D eigenvalue weighted by molar-refractivity contribution is -0.144. The summed E-state index contributed by atoms with van der Waals surface area (Å²) >= 11 is 0. The highest BCUT2D eigenvalue weighted by molar-refractivity contribution is 6.34. The lowest BCUT2D eigenvalue weighted by atomic mass is 10.4. The number of rotatable bonds is 0. The van der Waals surface area contributed by atoms with Crippen LogP contribution in [0.2, 0.25) is 0 Å². The van der Waals surface area contributed by atoms with E-state index >= 15 is 0 Å². The molecule has 1 heterocycles. The summed E-state index contributed by atoms with van der Waals surface area (Å²) in [6.45, 7) is 1.11. The molecule has 0 aromatic rings. The second-order valence-electron chi connectivity index (χ2n) is 2.27. The predicted molar refractivity (Wildman–Crippen MR) is 34.3 cm³/mol. The van der Waals surface area contributed by atoms with E-state index in [9.17, 15) is 9.59 Å². The normalized spacial score (nSPS) is 20.3. The van der Waals surface area contributed by atoms with Crippen LogP contribution < -0.4 is 5.32 Å². The lowest BCUT2D eigenvalue weighted by Crippen LogP contribution is -2.34. The molecule has 4 nitrogen and oxygen atoms in total. The van der Waals surface area contributed by atoms with Gasteiger partial charge < -0.3 is 4.90 Å². The van der Waals surface area contributed by atoms with E-state index in [-0.39, 0.29) is 0 Å². The third-order valence-corrected chi connectivity index (χ3v) is 1.44. The summed E-state index contributed by atoms with van der Waals surface area (Å²) in [5, 5.41) is 3.52. The zero-order valence-electron chi connectivity index (χ0n) is 5.83. The zero-order valence-corrected chi connectivity index (χ0v) is 5.83. The lowest BCUT2D eigenvalue weighted by Gasteiger charge is -2.09. The fraction of sp³-hybridized carbons (Fsp3) is 0.667. The molecule has 0 atom stereocenters. The van der Waals surface area contributed by atoms with Crippen molar-refractivity contribution in [2.24, 2.45) is 0 Å². The molecular weight excluding hydrogens is 132 g/mol. The van der Waals surface area contributed by atoms with Gasteiger partial charge in [0.15, 0.2) is 0 Å². The minimum Gasteiger partial charge on any atom is -0.337 e. The molecule has 0 aliphatic carbocycles. The van der Waals surface area contributed by atoms with Crippen molar-refractivity contribution in [3.8, 4) is 0 Å². The number of carbonyl (C=O) groups excluding carboxylic acids is 2. The first-order valence-corrected chi connectivity index (χ1v) is 3.19. The number of carbonyl (C=O) groups is 2. The molecule has 1 rings (SSSR count). The Hall–Kier alpha value is -1.06. The summed E-state index contributed by atoms with van der Waals surface area (Å²) in [6, 6.07) is 0. The predicted octanol–water partition coefficient (Wildman–Crippen LogP) is -1.02. The van der Waals surface area contributed by atoms with Gasteiger partial charge in [0.05, 0.1) is 0 Å². The molecule has 2 amide bonds. The van der Waals surface area contributed by atoms with E-state index < -0.39 is 11.8 Å². The van der Waals surface area contributed by atoms with Crippen LogP contribution in [0.1, 0.15) is 6.42 Å². The van der Waals surface area contributed by atoms with Crippen LogP contribution in [0.5, 0.6) is 0 Å². The van der Waals surface area contributed by atoms with Gasteiger partial charge in [-0.25, -0.2) is 5.32 Å². The largest absolute Gasteiger partial charge is 0.337 e. The van der Waals surface area contributed by atoms with Gasteiger partial charge in [-0.15, -0.1) is 0 Å². The van der Waals surface area contributed by atoms with E-state index in [1.54, 1.807) is 7.05 Å². The van der Waals surface area contributed by atoms with Gasteiger partial charge in [0.1, 0.15) is 0 Å². The Morgan fingerprint density at radius 2 is 2.20 bits per heavy atom. The van der Waals surface area contributed by atoms with Crippen LogP contribution >= 0.6 is 0 Å². The number of hydrogen-bond acceptors (Lipinski definition) is 2. The smallest absolute Gasteiger partial charge is 0.330 e. The molecule has 4 heteroatoms. The van der Waals surface area contributed by atoms with Crippen molar-refractivity contribution < 1.29 is 9.59 Å². The molecule has 1 saturated heterocycles. The summed E-state index contributed by atoms with van der Waals surface area (Å²) < 4.78 is 0. The van der Waals surface area contributed by atoms with Crippen molar-refractivity contribution in [3.63, 3.8) is 0 Å². The minimum atomic E-state index is -0.611. The molecule has 10 heavy (non-hydrogen) atoms. The first-order valence-electron chi connectivity index (χ1n) is 3.19. The van der Waals surface area contributed by atoms with Gasteiger partial charge in [0.25, 0.3) is 0 Å². The van der Waals surface area contributed by atoms with Crippen molar-refractivity contribution in [2.75, 3.05) is 20.1 Å². The van der Waals surface area contributed by atoms with Crippen molar-refractivity contribution >= 4 is 11.8 Å². The molecule has 1 aliphatic heterocycles. The topological polar surface area (TPSA) is 51.5 Å². The van der Waals surface area contributed by atoms with Crippen LogP contribution in [0.3, 0.4) is 0 Å². The maximum absolute atomic E-state index is 10.8. The summed E-state index contributed by atoms with van der Waals surface area (Å²) in [5.74, 6) is -1.10. The molecule has 0 bridgehead atoms.